The third kappa shape index (κ3) is 4.61. The summed E-state index contributed by atoms with van der Waals surface area (Å²) in [6.45, 7) is 8.36. The van der Waals surface area contributed by atoms with Gasteiger partial charge in [0.15, 0.2) is 5.92 Å². The molecule has 0 saturated heterocycles. The predicted molar refractivity (Wildman–Crippen MR) is 55.7 cm³/mol. The second kappa shape index (κ2) is 4.75. The minimum atomic E-state index is -0.891. The largest absolute Gasteiger partial charge is 0.368 e. The Kier molecular flexibility index (Phi) is 4.29. The molecule has 0 saturated carbocycles. The maximum absolute atomic E-state index is 10.8. The SMILES string of the molecule is CC(=NCC(C)(C)C)C(C#N)C(N)=O. The molecule has 0 aliphatic rings. The molecule has 1 amide bonds. The number of amides is 1. The Morgan fingerprint density at radius 1 is 1.57 bits per heavy atom. The quantitative estimate of drug-likeness (QED) is 0.685. The van der Waals surface area contributed by atoms with Gasteiger partial charge >= 0.3 is 0 Å². The summed E-state index contributed by atoms with van der Waals surface area (Å²) >= 11 is 0. The van der Waals surface area contributed by atoms with Gasteiger partial charge < -0.3 is 5.73 Å². The van der Waals surface area contributed by atoms with Gasteiger partial charge in [0.2, 0.25) is 5.91 Å². The molecule has 0 aromatic carbocycles. The van der Waals surface area contributed by atoms with E-state index in [-0.39, 0.29) is 5.41 Å². The number of hydrogen-bond donors (Lipinski definition) is 1. The van der Waals surface area contributed by atoms with Crippen molar-refractivity contribution in [3.8, 4) is 6.07 Å². The van der Waals surface area contributed by atoms with Crippen molar-refractivity contribution >= 4 is 11.6 Å². The molecule has 0 bridgehead atoms. The van der Waals surface area contributed by atoms with Gasteiger partial charge in [-0.3, -0.25) is 9.79 Å². The van der Waals surface area contributed by atoms with Gasteiger partial charge in [-0.15, -0.1) is 0 Å². The molecular formula is C10H17N3O. The van der Waals surface area contributed by atoms with Crippen LogP contribution in [0.5, 0.6) is 0 Å². The molecule has 0 aliphatic heterocycles. The van der Waals surface area contributed by atoms with Gasteiger partial charge in [0.05, 0.1) is 6.07 Å². The number of aliphatic imine (C=N–C) groups is 1. The minimum Gasteiger partial charge on any atom is -0.368 e. The summed E-state index contributed by atoms with van der Waals surface area (Å²) in [4.78, 5) is 15.0. The van der Waals surface area contributed by atoms with Crippen molar-refractivity contribution in [2.75, 3.05) is 6.54 Å². The number of primary amides is 1. The van der Waals surface area contributed by atoms with Crippen molar-refractivity contribution in [2.24, 2.45) is 22.1 Å². The van der Waals surface area contributed by atoms with Crippen LogP contribution < -0.4 is 5.73 Å². The van der Waals surface area contributed by atoms with Crippen LogP contribution >= 0.6 is 0 Å². The van der Waals surface area contributed by atoms with E-state index in [1.165, 1.54) is 0 Å². The Hall–Kier alpha value is -1.37. The van der Waals surface area contributed by atoms with E-state index < -0.39 is 11.8 Å². The van der Waals surface area contributed by atoms with Crippen molar-refractivity contribution in [3.63, 3.8) is 0 Å². The number of nitriles is 1. The zero-order chi connectivity index (χ0) is 11.4. The fourth-order valence-electron chi connectivity index (χ4n) is 0.816. The Bertz CT molecular complexity index is 281. The topological polar surface area (TPSA) is 79.2 Å². The molecule has 0 heterocycles. The van der Waals surface area contributed by atoms with Crippen LogP contribution in [0.2, 0.25) is 0 Å². The van der Waals surface area contributed by atoms with E-state index in [1.807, 2.05) is 26.8 Å². The standard InChI is InChI=1S/C10H17N3O/c1-7(8(5-11)9(12)14)13-6-10(2,3)4/h8H,6H2,1-4H3,(H2,12,14). The van der Waals surface area contributed by atoms with Gasteiger partial charge in [-0.25, -0.2) is 0 Å². The summed E-state index contributed by atoms with van der Waals surface area (Å²) in [5.74, 6) is -1.53. The summed E-state index contributed by atoms with van der Waals surface area (Å²) < 4.78 is 0. The fraction of sp³-hybridized carbons (Fsp3) is 0.700. The lowest BCUT2D eigenvalue weighted by molar-refractivity contribution is -0.118. The first-order chi connectivity index (χ1) is 6.28. The van der Waals surface area contributed by atoms with Gasteiger partial charge in [0.25, 0.3) is 0 Å². The molecule has 0 spiro atoms. The number of carbonyl (C=O) groups is 1. The molecule has 1 unspecified atom stereocenters. The van der Waals surface area contributed by atoms with E-state index in [9.17, 15) is 4.79 Å². The molecule has 0 fully saturated rings. The summed E-state index contributed by atoms with van der Waals surface area (Å²) in [6, 6.07) is 1.83. The molecule has 4 heteroatoms. The molecular weight excluding hydrogens is 178 g/mol. The molecule has 4 nitrogen and oxygen atoms in total. The zero-order valence-corrected chi connectivity index (χ0v) is 9.16. The van der Waals surface area contributed by atoms with Gasteiger partial charge in [-0.05, 0) is 12.3 Å². The molecule has 14 heavy (non-hydrogen) atoms. The van der Waals surface area contributed by atoms with E-state index in [4.69, 9.17) is 11.0 Å². The van der Waals surface area contributed by atoms with Gasteiger partial charge in [0.1, 0.15) is 0 Å². The third-order valence-electron chi connectivity index (χ3n) is 1.63. The van der Waals surface area contributed by atoms with Crippen LogP contribution in [-0.4, -0.2) is 18.2 Å². The lowest BCUT2D eigenvalue weighted by Gasteiger charge is -2.15. The Balaban J connectivity index is 4.53. The van der Waals surface area contributed by atoms with Gasteiger partial charge in [-0.1, -0.05) is 20.8 Å². The highest BCUT2D eigenvalue weighted by atomic mass is 16.1. The number of nitrogens with two attached hydrogens (primary N) is 1. The van der Waals surface area contributed by atoms with Crippen molar-refractivity contribution in [1.29, 1.82) is 5.26 Å². The van der Waals surface area contributed by atoms with Crippen LogP contribution in [0.3, 0.4) is 0 Å². The maximum atomic E-state index is 10.8. The molecule has 0 aromatic rings. The van der Waals surface area contributed by atoms with Crippen LogP contribution in [0.4, 0.5) is 0 Å². The molecule has 2 N–H and O–H groups in total. The smallest absolute Gasteiger partial charge is 0.240 e. The monoisotopic (exact) mass is 195 g/mol. The number of nitrogens with zero attached hydrogens (tertiary/aromatic N) is 2. The summed E-state index contributed by atoms with van der Waals surface area (Å²) in [6.07, 6.45) is 0. The van der Waals surface area contributed by atoms with E-state index in [2.05, 4.69) is 4.99 Å². The van der Waals surface area contributed by atoms with Crippen molar-refractivity contribution in [1.82, 2.24) is 0 Å². The van der Waals surface area contributed by atoms with Crippen LogP contribution in [0.15, 0.2) is 4.99 Å². The summed E-state index contributed by atoms with van der Waals surface area (Å²) in [5.41, 5.74) is 5.59. The minimum absolute atomic E-state index is 0.0545. The number of rotatable bonds is 3. The normalized spacial score (nSPS) is 14.6. The highest BCUT2D eigenvalue weighted by molar-refractivity contribution is 6.04. The Morgan fingerprint density at radius 2 is 2.07 bits per heavy atom. The Morgan fingerprint density at radius 3 is 2.36 bits per heavy atom. The van der Waals surface area contributed by atoms with E-state index in [0.717, 1.165) is 0 Å². The van der Waals surface area contributed by atoms with Crippen LogP contribution in [-0.2, 0) is 4.79 Å². The molecule has 1 atom stereocenters. The number of carbonyl (C=O) groups excluding carboxylic acids is 1. The van der Waals surface area contributed by atoms with Crippen molar-refractivity contribution in [2.45, 2.75) is 27.7 Å². The summed E-state index contributed by atoms with van der Waals surface area (Å²) in [7, 11) is 0. The van der Waals surface area contributed by atoms with Crippen molar-refractivity contribution < 1.29 is 4.79 Å². The summed E-state index contributed by atoms with van der Waals surface area (Å²) in [5, 5.41) is 8.66. The van der Waals surface area contributed by atoms with E-state index >= 15 is 0 Å². The second-order valence-corrected chi connectivity index (χ2v) is 4.48. The zero-order valence-electron chi connectivity index (χ0n) is 9.16. The van der Waals surface area contributed by atoms with E-state index in [1.54, 1.807) is 6.92 Å². The average molecular weight is 195 g/mol. The third-order valence-corrected chi connectivity index (χ3v) is 1.63. The lowest BCUT2D eigenvalue weighted by atomic mass is 9.97. The average Bonchev–Trinajstić information content (AvgIpc) is 2.00. The Labute approximate surface area is 84.8 Å². The molecule has 0 aliphatic carbocycles. The van der Waals surface area contributed by atoms with Gasteiger partial charge in [-0.2, -0.15) is 5.26 Å². The van der Waals surface area contributed by atoms with Crippen molar-refractivity contribution in [3.05, 3.63) is 0 Å². The predicted octanol–water partition coefficient (Wildman–Crippen LogP) is 1.12. The fourth-order valence-corrected chi connectivity index (χ4v) is 0.816. The first-order valence-electron chi connectivity index (χ1n) is 4.48. The molecule has 0 aromatic heterocycles. The second-order valence-electron chi connectivity index (χ2n) is 4.48. The first kappa shape index (κ1) is 12.6. The highest BCUT2D eigenvalue weighted by Crippen LogP contribution is 2.13. The number of hydrogen-bond acceptors (Lipinski definition) is 3. The molecule has 0 radical (unpaired) electrons. The first-order valence-corrected chi connectivity index (χ1v) is 4.48. The van der Waals surface area contributed by atoms with Crippen LogP contribution in [0, 0.1) is 22.7 Å². The lowest BCUT2D eigenvalue weighted by Crippen LogP contribution is -2.28. The highest BCUT2D eigenvalue weighted by Gasteiger charge is 2.18. The van der Waals surface area contributed by atoms with Crippen LogP contribution in [0.1, 0.15) is 27.7 Å². The molecule has 0 rings (SSSR count). The molecule has 78 valence electrons. The van der Waals surface area contributed by atoms with E-state index in [0.29, 0.717) is 12.3 Å². The maximum Gasteiger partial charge on any atom is 0.240 e. The van der Waals surface area contributed by atoms with Gasteiger partial charge in [0, 0.05) is 12.3 Å². The van der Waals surface area contributed by atoms with Crippen LogP contribution in [0.25, 0.3) is 0 Å².